The molecule has 1 aromatic heterocycles. The predicted octanol–water partition coefficient (Wildman–Crippen LogP) is 3.79. The van der Waals surface area contributed by atoms with Crippen molar-refractivity contribution < 1.29 is 0 Å². The topological polar surface area (TPSA) is 27.8 Å². The van der Waals surface area contributed by atoms with Crippen LogP contribution in [-0.4, -0.2) is 11.0 Å². The molecule has 0 saturated carbocycles. The highest BCUT2D eigenvalue weighted by Gasteiger charge is 2.23. The number of benzene rings is 1. The molecule has 3 rings (SSSR count). The maximum atomic E-state index is 3.57. The van der Waals surface area contributed by atoms with Crippen molar-refractivity contribution >= 4 is 10.9 Å². The number of aromatic nitrogens is 1. The van der Waals surface area contributed by atoms with Crippen LogP contribution in [0.3, 0.4) is 0 Å². The van der Waals surface area contributed by atoms with Crippen LogP contribution in [0.4, 0.5) is 0 Å². The van der Waals surface area contributed by atoms with Crippen LogP contribution in [-0.2, 0) is 6.42 Å². The van der Waals surface area contributed by atoms with Gasteiger partial charge in [0.2, 0.25) is 0 Å². The van der Waals surface area contributed by atoms with Gasteiger partial charge in [-0.2, -0.15) is 0 Å². The molecule has 1 aromatic carbocycles. The fourth-order valence-corrected chi connectivity index (χ4v) is 2.69. The van der Waals surface area contributed by atoms with Gasteiger partial charge in [-0.15, -0.1) is 0 Å². The minimum absolute atomic E-state index is 0.441. The molecule has 2 heteroatoms. The van der Waals surface area contributed by atoms with Crippen LogP contribution < -0.4 is 5.32 Å². The van der Waals surface area contributed by atoms with Crippen molar-refractivity contribution in [1.82, 2.24) is 10.3 Å². The molecule has 1 aliphatic heterocycles. The molecule has 2 aromatic rings. The molecule has 0 fully saturated rings. The zero-order valence-corrected chi connectivity index (χ0v) is 11.2. The highest BCUT2D eigenvalue weighted by atomic mass is 15.0. The number of hydrogen-bond acceptors (Lipinski definition) is 1. The lowest BCUT2D eigenvalue weighted by Crippen LogP contribution is -2.35. The lowest BCUT2D eigenvalue weighted by Gasteiger charge is -2.26. The van der Waals surface area contributed by atoms with Gasteiger partial charge < -0.3 is 10.3 Å². The van der Waals surface area contributed by atoms with E-state index in [9.17, 15) is 0 Å². The molecule has 2 heterocycles. The Balaban J connectivity index is 0.000000514. The van der Waals surface area contributed by atoms with Gasteiger partial charge in [-0.1, -0.05) is 32.0 Å². The van der Waals surface area contributed by atoms with Crippen molar-refractivity contribution in [3.8, 4) is 0 Å². The summed E-state index contributed by atoms with van der Waals surface area (Å²) in [5, 5.41) is 4.96. The van der Waals surface area contributed by atoms with Gasteiger partial charge in [0.05, 0.1) is 0 Å². The molecule has 2 unspecified atom stereocenters. The van der Waals surface area contributed by atoms with Gasteiger partial charge in [0.15, 0.2) is 0 Å². The second-order valence-corrected chi connectivity index (χ2v) is 4.56. The number of H-pyrrole nitrogens is 1. The zero-order chi connectivity index (χ0) is 12.4. The Bertz CT molecular complexity index is 499. The molecular formula is C15H22N2. The third-order valence-electron chi connectivity index (χ3n) is 3.32. The molecule has 2 atom stereocenters. The van der Waals surface area contributed by atoms with E-state index in [1.807, 2.05) is 13.8 Å². The molecule has 0 amide bonds. The molecule has 2 N–H and O–H groups in total. The van der Waals surface area contributed by atoms with Crippen molar-refractivity contribution in [2.75, 3.05) is 0 Å². The molecule has 2 nitrogen and oxygen atoms in total. The summed E-state index contributed by atoms with van der Waals surface area (Å²) in [5.74, 6) is 0. The van der Waals surface area contributed by atoms with E-state index in [2.05, 4.69) is 48.4 Å². The first-order valence-corrected chi connectivity index (χ1v) is 6.61. The average Bonchev–Trinajstić information content (AvgIpc) is 2.71. The Hall–Kier alpha value is -1.28. The maximum absolute atomic E-state index is 3.57. The molecule has 0 radical (unpaired) electrons. The molecular weight excluding hydrogens is 208 g/mol. The summed E-state index contributed by atoms with van der Waals surface area (Å²) in [6, 6.07) is 9.60. The molecule has 0 aliphatic carbocycles. The van der Waals surface area contributed by atoms with E-state index in [-0.39, 0.29) is 0 Å². The second kappa shape index (κ2) is 4.92. The third-order valence-corrected chi connectivity index (χ3v) is 3.32. The molecule has 0 bridgehead atoms. The fraction of sp³-hybridized carbons (Fsp3) is 0.467. The van der Waals surface area contributed by atoms with Gasteiger partial charge in [0.25, 0.3) is 0 Å². The zero-order valence-electron chi connectivity index (χ0n) is 11.2. The lowest BCUT2D eigenvalue weighted by molar-refractivity contribution is 0.441. The summed E-state index contributed by atoms with van der Waals surface area (Å²) in [4.78, 5) is 3.52. The number of rotatable bonds is 0. The summed E-state index contributed by atoms with van der Waals surface area (Å²) in [6.45, 7) is 8.48. The monoisotopic (exact) mass is 230 g/mol. The standard InChI is InChI=1S/C13H16N2.C2H6/c1-8-7-11-10-5-3-4-6-12(10)15-13(11)9(2)14-8;1-2/h3-6,8-9,14-15H,7H2,1-2H3;1-2H3. The summed E-state index contributed by atoms with van der Waals surface area (Å²) in [7, 11) is 0. The maximum Gasteiger partial charge on any atom is 0.0459 e. The SMILES string of the molecule is CC.CC1Cc2c([nH]c3ccccc23)C(C)N1. The van der Waals surface area contributed by atoms with E-state index in [4.69, 9.17) is 0 Å². The van der Waals surface area contributed by atoms with Crippen molar-refractivity contribution in [2.24, 2.45) is 0 Å². The van der Waals surface area contributed by atoms with Gasteiger partial charge >= 0.3 is 0 Å². The Kier molecular flexibility index (Phi) is 3.53. The van der Waals surface area contributed by atoms with Crippen molar-refractivity contribution in [2.45, 2.75) is 46.2 Å². The number of para-hydroxylation sites is 1. The number of aromatic amines is 1. The van der Waals surface area contributed by atoms with Crippen LogP contribution in [0.2, 0.25) is 0 Å². The Morgan fingerprint density at radius 2 is 1.82 bits per heavy atom. The Labute approximate surface area is 103 Å². The van der Waals surface area contributed by atoms with Gasteiger partial charge in [-0.25, -0.2) is 0 Å². The molecule has 0 spiro atoms. The predicted molar refractivity (Wildman–Crippen MR) is 74.4 cm³/mol. The third kappa shape index (κ3) is 2.09. The first kappa shape index (κ1) is 12.2. The molecule has 17 heavy (non-hydrogen) atoms. The quantitative estimate of drug-likeness (QED) is 0.708. The van der Waals surface area contributed by atoms with Gasteiger partial charge in [0, 0.05) is 28.7 Å². The Morgan fingerprint density at radius 3 is 2.59 bits per heavy atom. The van der Waals surface area contributed by atoms with Crippen LogP contribution in [0, 0.1) is 0 Å². The largest absolute Gasteiger partial charge is 0.357 e. The van der Waals surface area contributed by atoms with E-state index in [1.54, 1.807) is 0 Å². The molecule has 92 valence electrons. The van der Waals surface area contributed by atoms with E-state index >= 15 is 0 Å². The summed E-state index contributed by atoms with van der Waals surface area (Å²) in [6.07, 6.45) is 1.13. The van der Waals surface area contributed by atoms with Crippen LogP contribution in [0.25, 0.3) is 10.9 Å². The van der Waals surface area contributed by atoms with Crippen molar-refractivity contribution in [3.63, 3.8) is 0 Å². The number of nitrogens with one attached hydrogen (secondary N) is 2. The lowest BCUT2D eigenvalue weighted by atomic mass is 9.96. The van der Waals surface area contributed by atoms with E-state index in [0.29, 0.717) is 12.1 Å². The number of fused-ring (bicyclic) bond motifs is 3. The van der Waals surface area contributed by atoms with Crippen molar-refractivity contribution in [1.29, 1.82) is 0 Å². The van der Waals surface area contributed by atoms with E-state index in [1.165, 1.54) is 22.2 Å². The van der Waals surface area contributed by atoms with E-state index in [0.717, 1.165) is 6.42 Å². The first-order chi connectivity index (χ1) is 8.25. The fourth-order valence-electron chi connectivity index (χ4n) is 2.69. The average molecular weight is 230 g/mol. The molecule has 0 saturated heterocycles. The number of hydrogen-bond donors (Lipinski definition) is 2. The summed E-state index contributed by atoms with van der Waals surface area (Å²) < 4.78 is 0. The van der Waals surface area contributed by atoms with Crippen LogP contribution in [0.1, 0.15) is 45.0 Å². The van der Waals surface area contributed by atoms with Crippen LogP contribution in [0.5, 0.6) is 0 Å². The van der Waals surface area contributed by atoms with Crippen molar-refractivity contribution in [3.05, 3.63) is 35.5 Å². The van der Waals surface area contributed by atoms with E-state index < -0.39 is 0 Å². The van der Waals surface area contributed by atoms with Gasteiger partial charge in [-0.05, 0) is 31.9 Å². The second-order valence-electron chi connectivity index (χ2n) is 4.56. The minimum Gasteiger partial charge on any atom is -0.357 e. The highest BCUT2D eigenvalue weighted by molar-refractivity contribution is 5.85. The van der Waals surface area contributed by atoms with Crippen LogP contribution in [0.15, 0.2) is 24.3 Å². The summed E-state index contributed by atoms with van der Waals surface area (Å²) in [5.41, 5.74) is 4.14. The van der Waals surface area contributed by atoms with Crippen LogP contribution >= 0.6 is 0 Å². The normalized spacial score (nSPS) is 22.8. The van der Waals surface area contributed by atoms with Gasteiger partial charge in [0.1, 0.15) is 0 Å². The smallest absolute Gasteiger partial charge is 0.0459 e. The van der Waals surface area contributed by atoms with Gasteiger partial charge in [-0.3, -0.25) is 0 Å². The Morgan fingerprint density at radius 1 is 1.12 bits per heavy atom. The first-order valence-electron chi connectivity index (χ1n) is 6.61. The minimum atomic E-state index is 0.441. The molecule has 1 aliphatic rings. The highest BCUT2D eigenvalue weighted by Crippen LogP contribution is 2.31. The summed E-state index contributed by atoms with van der Waals surface area (Å²) >= 11 is 0.